The van der Waals surface area contributed by atoms with Crippen molar-refractivity contribution in [1.29, 1.82) is 0 Å². The van der Waals surface area contributed by atoms with E-state index in [1.165, 1.54) is 5.56 Å². The van der Waals surface area contributed by atoms with E-state index in [1.807, 2.05) is 19.1 Å². The lowest BCUT2D eigenvalue weighted by molar-refractivity contribution is 0.101. The van der Waals surface area contributed by atoms with E-state index in [0.29, 0.717) is 29.2 Å². The van der Waals surface area contributed by atoms with Crippen LogP contribution in [0, 0.1) is 6.92 Å². The molecule has 1 aliphatic heterocycles. The Morgan fingerprint density at radius 3 is 2.28 bits per heavy atom. The molecule has 1 heterocycles. The Hall–Kier alpha value is -2.59. The summed E-state index contributed by atoms with van der Waals surface area (Å²) in [5.41, 5.74) is 4.20. The molecule has 0 spiro atoms. The number of carbonyl (C=O) groups is 1. The van der Waals surface area contributed by atoms with Crippen LogP contribution in [-0.2, 0) is 12.0 Å². The second-order valence-corrected chi connectivity index (χ2v) is 8.67. The Morgan fingerprint density at radius 2 is 1.72 bits per heavy atom. The van der Waals surface area contributed by atoms with Gasteiger partial charge in [0.25, 0.3) is 0 Å². The van der Waals surface area contributed by atoms with Crippen LogP contribution < -0.4 is 4.74 Å². The van der Waals surface area contributed by atoms with Gasteiger partial charge in [-0.15, -0.1) is 0 Å². The van der Waals surface area contributed by atoms with E-state index in [0.717, 1.165) is 24.2 Å². The molecule has 1 N–H and O–H groups in total. The van der Waals surface area contributed by atoms with E-state index in [4.69, 9.17) is 4.74 Å². The number of Topliss-reactive ketones (excluding diaryl/α,β-unsaturated/α-hetero) is 1. The van der Waals surface area contributed by atoms with Crippen LogP contribution >= 0.6 is 0 Å². The van der Waals surface area contributed by atoms with Gasteiger partial charge in [0.2, 0.25) is 5.78 Å². The smallest absolute Gasteiger partial charge is 0.232 e. The summed E-state index contributed by atoms with van der Waals surface area (Å²) in [6.45, 7) is 14.8. The number of nitrogens with zero attached hydrogens (tertiary/aromatic N) is 1. The third-order valence-corrected chi connectivity index (χ3v) is 5.57. The Bertz CT molecular complexity index is 946. The third kappa shape index (κ3) is 4.23. The highest BCUT2D eigenvalue weighted by molar-refractivity contribution is 6.15. The van der Waals surface area contributed by atoms with E-state index in [9.17, 15) is 9.90 Å². The number of ketones is 1. The van der Waals surface area contributed by atoms with E-state index < -0.39 is 0 Å². The molecule has 1 aliphatic rings. The highest BCUT2D eigenvalue weighted by Gasteiger charge is 2.33. The third-order valence-electron chi connectivity index (χ3n) is 5.57. The number of ether oxygens (including phenoxy) is 1. The van der Waals surface area contributed by atoms with Crippen molar-refractivity contribution in [2.45, 2.75) is 53.5 Å². The van der Waals surface area contributed by atoms with E-state index >= 15 is 0 Å². The first-order valence-electron chi connectivity index (χ1n) is 10.3. The van der Waals surface area contributed by atoms with Crippen LogP contribution in [0.1, 0.15) is 67.2 Å². The number of phenolic OH excluding ortho intramolecular Hbond substituents is 1. The Labute approximate surface area is 173 Å². The summed E-state index contributed by atoms with van der Waals surface area (Å²) in [4.78, 5) is 15.2. The van der Waals surface area contributed by atoms with Gasteiger partial charge in [-0.25, -0.2) is 0 Å². The molecule has 0 unspecified atom stereocenters. The molecule has 0 amide bonds. The van der Waals surface area contributed by atoms with Gasteiger partial charge in [0.1, 0.15) is 11.5 Å². The Balaban J connectivity index is 1.97. The van der Waals surface area contributed by atoms with Gasteiger partial charge >= 0.3 is 0 Å². The molecule has 0 saturated carbocycles. The van der Waals surface area contributed by atoms with Gasteiger partial charge in [0.05, 0.1) is 11.1 Å². The molecule has 0 bridgehead atoms. The Kier molecular flexibility index (Phi) is 5.85. The molecular weight excluding hydrogens is 362 g/mol. The van der Waals surface area contributed by atoms with E-state index in [1.54, 1.807) is 12.1 Å². The lowest BCUT2D eigenvalue weighted by atomic mass is 9.86. The molecular formula is C25H31NO3. The zero-order chi connectivity index (χ0) is 21.3. The maximum Gasteiger partial charge on any atom is 0.232 e. The normalized spacial score (nSPS) is 15.1. The fourth-order valence-electron chi connectivity index (χ4n) is 3.63. The minimum Gasteiger partial charge on any atom is -0.507 e. The van der Waals surface area contributed by atoms with Crippen LogP contribution in [0.2, 0.25) is 0 Å². The summed E-state index contributed by atoms with van der Waals surface area (Å²) in [6.07, 6.45) is 1.78. The standard InChI is InChI=1S/C25H31NO3/c1-7-26(8-2)15-19-20(27)13-16(3)22-23(28)21(29-24(19)22)14-17-9-11-18(12-10-17)25(4,5)6/h9-14,27H,7-8,15H2,1-6H3/b21-14-. The fourth-order valence-corrected chi connectivity index (χ4v) is 3.63. The second kappa shape index (κ2) is 8.03. The number of benzene rings is 2. The summed E-state index contributed by atoms with van der Waals surface area (Å²) in [5, 5.41) is 10.5. The predicted molar refractivity (Wildman–Crippen MR) is 118 cm³/mol. The molecule has 0 fully saturated rings. The number of hydrogen-bond donors (Lipinski definition) is 1. The highest BCUT2D eigenvalue weighted by atomic mass is 16.5. The maximum absolute atomic E-state index is 13.0. The molecule has 0 radical (unpaired) electrons. The van der Waals surface area contributed by atoms with Crippen molar-refractivity contribution in [3.63, 3.8) is 0 Å². The first kappa shape index (κ1) is 21.1. The molecule has 2 aromatic rings. The average Bonchev–Trinajstić information content (AvgIpc) is 2.98. The van der Waals surface area contributed by atoms with Crippen LogP contribution in [0.3, 0.4) is 0 Å². The molecule has 29 heavy (non-hydrogen) atoms. The van der Waals surface area contributed by atoms with Crippen LogP contribution in [0.15, 0.2) is 36.1 Å². The van der Waals surface area contributed by atoms with Crippen LogP contribution in [-0.4, -0.2) is 28.9 Å². The molecule has 2 aromatic carbocycles. The summed E-state index contributed by atoms with van der Waals surface area (Å²) in [5.74, 6) is 0.852. The van der Waals surface area contributed by atoms with Gasteiger partial charge in [-0.2, -0.15) is 0 Å². The van der Waals surface area contributed by atoms with Gasteiger partial charge in [-0.3, -0.25) is 9.69 Å². The maximum atomic E-state index is 13.0. The quantitative estimate of drug-likeness (QED) is 0.686. The van der Waals surface area contributed by atoms with Gasteiger partial charge in [0.15, 0.2) is 5.76 Å². The highest BCUT2D eigenvalue weighted by Crippen LogP contribution is 2.42. The molecule has 0 aromatic heterocycles. The lowest BCUT2D eigenvalue weighted by Crippen LogP contribution is -2.22. The molecule has 0 atom stereocenters. The number of aromatic hydroxyl groups is 1. The fraction of sp³-hybridized carbons (Fsp3) is 0.400. The van der Waals surface area contributed by atoms with Gasteiger partial charge < -0.3 is 9.84 Å². The predicted octanol–water partition coefficient (Wildman–Crippen LogP) is 5.46. The number of aryl methyl sites for hydroxylation is 1. The summed E-state index contributed by atoms with van der Waals surface area (Å²) in [6, 6.07) is 9.85. The summed E-state index contributed by atoms with van der Waals surface area (Å²) < 4.78 is 6.03. The average molecular weight is 394 g/mol. The van der Waals surface area contributed by atoms with E-state index in [-0.39, 0.29) is 16.9 Å². The van der Waals surface area contributed by atoms with Gasteiger partial charge in [-0.1, -0.05) is 58.9 Å². The van der Waals surface area contributed by atoms with Crippen molar-refractivity contribution in [3.05, 3.63) is 63.9 Å². The zero-order valence-electron chi connectivity index (χ0n) is 18.3. The van der Waals surface area contributed by atoms with Crippen molar-refractivity contribution in [2.75, 3.05) is 13.1 Å². The number of carbonyl (C=O) groups excluding carboxylic acids is 1. The monoisotopic (exact) mass is 393 g/mol. The Morgan fingerprint density at radius 1 is 1.10 bits per heavy atom. The second-order valence-electron chi connectivity index (χ2n) is 8.67. The van der Waals surface area contributed by atoms with Crippen molar-refractivity contribution in [1.82, 2.24) is 4.90 Å². The number of rotatable bonds is 5. The first-order chi connectivity index (χ1) is 13.7. The molecule has 154 valence electrons. The molecule has 0 saturated heterocycles. The summed E-state index contributed by atoms with van der Waals surface area (Å²) in [7, 11) is 0. The van der Waals surface area contributed by atoms with Crippen molar-refractivity contribution < 1.29 is 14.6 Å². The van der Waals surface area contributed by atoms with Crippen LogP contribution in [0.25, 0.3) is 6.08 Å². The van der Waals surface area contributed by atoms with Crippen LogP contribution in [0.5, 0.6) is 11.5 Å². The van der Waals surface area contributed by atoms with Crippen molar-refractivity contribution >= 4 is 11.9 Å². The minimum absolute atomic E-state index is 0.0789. The molecule has 4 heteroatoms. The molecule has 3 rings (SSSR count). The largest absolute Gasteiger partial charge is 0.507 e. The number of fused-ring (bicyclic) bond motifs is 1. The SMILES string of the molecule is CCN(CC)Cc1c(O)cc(C)c2c1O/C(=C\c1ccc(C(C)(C)C)cc1)C2=O. The van der Waals surface area contributed by atoms with Gasteiger partial charge in [0, 0.05) is 6.54 Å². The topological polar surface area (TPSA) is 49.8 Å². The van der Waals surface area contributed by atoms with Crippen LogP contribution in [0.4, 0.5) is 0 Å². The number of allylic oxidation sites excluding steroid dienone is 1. The minimum atomic E-state index is -0.127. The summed E-state index contributed by atoms with van der Waals surface area (Å²) >= 11 is 0. The first-order valence-corrected chi connectivity index (χ1v) is 10.3. The van der Waals surface area contributed by atoms with Crippen molar-refractivity contribution in [3.8, 4) is 11.5 Å². The van der Waals surface area contributed by atoms with Crippen molar-refractivity contribution in [2.24, 2.45) is 0 Å². The zero-order valence-corrected chi connectivity index (χ0v) is 18.3. The number of phenols is 1. The van der Waals surface area contributed by atoms with E-state index in [2.05, 4.69) is 51.7 Å². The molecule has 4 nitrogen and oxygen atoms in total. The van der Waals surface area contributed by atoms with Gasteiger partial charge in [-0.05, 0) is 54.3 Å². The lowest BCUT2D eigenvalue weighted by Gasteiger charge is -2.20. The molecule has 0 aliphatic carbocycles. The number of hydrogen-bond acceptors (Lipinski definition) is 4.